The molecule has 2 heterocycles. The molecule has 224 valence electrons. The van der Waals surface area contributed by atoms with Crippen LogP contribution in [0.4, 0.5) is 32.3 Å². The fraction of sp³-hybridized carbons (Fsp3) is 0.233. The molecule has 7 N–H and O–H groups in total. The summed E-state index contributed by atoms with van der Waals surface area (Å²) in [5.41, 5.74) is 4.02. The van der Waals surface area contributed by atoms with E-state index in [1.54, 1.807) is 42.5 Å². The Morgan fingerprint density at radius 2 is 1.12 bits per heavy atom. The molecule has 0 aliphatic carbocycles. The van der Waals surface area contributed by atoms with E-state index in [1.807, 2.05) is 31.2 Å². The van der Waals surface area contributed by atoms with Crippen molar-refractivity contribution < 1.29 is 14.4 Å². The van der Waals surface area contributed by atoms with Gasteiger partial charge in [-0.1, -0.05) is 6.92 Å². The van der Waals surface area contributed by atoms with E-state index in [2.05, 4.69) is 47.2 Å². The Bertz CT molecular complexity index is 1420. The van der Waals surface area contributed by atoms with Crippen molar-refractivity contribution in [2.45, 2.75) is 13.3 Å². The lowest BCUT2D eigenvalue weighted by molar-refractivity contribution is 0.0953. The van der Waals surface area contributed by atoms with E-state index in [0.717, 1.165) is 55.4 Å². The minimum absolute atomic E-state index is 0. The van der Waals surface area contributed by atoms with Crippen molar-refractivity contribution in [3.63, 3.8) is 0 Å². The van der Waals surface area contributed by atoms with E-state index >= 15 is 0 Å². The third-order valence-electron chi connectivity index (χ3n) is 6.43. The quantitative estimate of drug-likeness (QED) is 0.194. The first-order chi connectivity index (χ1) is 20.5. The topological polar surface area (TPSA) is 160 Å². The van der Waals surface area contributed by atoms with Crippen molar-refractivity contribution in [3.05, 3.63) is 83.4 Å². The molecular formula is C30H34ClN9O3. The number of benzene rings is 3. The highest BCUT2D eigenvalue weighted by molar-refractivity contribution is 6.06. The summed E-state index contributed by atoms with van der Waals surface area (Å²) in [5, 5.41) is 20.3. The smallest absolute Gasteiger partial charge is 0.323 e. The van der Waals surface area contributed by atoms with E-state index in [4.69, 9.17) is 0 Å². The Kier molecular flexibility index (Phi) is 10.5. The highest BCUT2D eigenvalue weighted by atomic mass is 35.5. The third kappa shape index (κ3) is 8.46. The molecular weight excluding hydrogens is 570 g/mol. The van der Waals surface area contributed by atoms with Gasteiger partial charge in [-0.2, -0.15) is 0 Å². The predicted octanol–water partition coefficient (Wildman–Crippen LogP) is 4.24. The van der Waals surface area contributed by atoms with Crippen LogP contribution < -0.4 is 37.2 Å². The molecule has 0 atom stereocenters. The summed E-state index contributed by atoms with van der Waals surface area (Å²) in [7, 11) is 0. The van der Waals surface area contributed by atoms with Gasteiger partial charge >= 0.3 is 12.1 Å². The molecule has 12 nitrogen and oxygen atoms in total. The molecule has 0 bridgehead atoms. The number of aliphatic imine (C=N–C) groups is 2. The van der Waals surface area contributed by atoms with Crippen molar-refractivity contribution in [1.29, 1.82) is 0 Å². The Morgan fingerprint density at radius 3 is 1.51 bits per heavy atom. The highest BCUT2D eigenvalue weighted by Crippen LogP contribution is 2.21. The van der Waals surface area contributed by atoms with E-state index in [1.165, 1.54) is 0 Å². The van der Waals surface area contributed by atoms with E-state index in [0.29, 0.717) is 34.9 Å². The average Bonchev–Trinajstić information content (AvgIpc) is 3.72. The molecule has 5 amide bonds. The number of amidine groups is 2. The van der Waals surface area contributed by atoms with Crippen LogP contribution in [0.15, 0.2) is 76.7 Å². The van der Waals surface area contributed by atoms with Crippen molar-refractivity contribution in [2.24, 2.45) is 9.98 Å². The van der Waals surface area contributed by atoms with Crippen molar-refractivity contribution in [3.8, 4) is 0 Å². The summed E-state index contributed by atoms with van der Waals surface area (Å²) < 4.78 is 0. The number of amides is 5. The monoisotopic (exact) mass is 603 g/mol. The van der Waals surface area contributed by atoms with Crippen LogP contribution in [0.25, 0.3) is 0 Å². The van der Waals surface area contributed by atoms with Crippen LogP contribution in [0.3, 0.4) is 0 Å². The summed E-state index contributed by atoms with van der Waals surface area (Å²) in [4.78, 5) is 47.1. The predicted molar refractivity (Wildman–Crippen MR) is 173 cm³/mol. The SMILES string of the molecule is CCCNC(=O)c1cc(NC(=O)Nc2ccc(C3=NCCN3)cc2)cc(NC(=O)Nc2ccc(C3=NCCN3)cc2)c1.Cl. The first-order valence-corrected chi connectivity index (χ1v) is 13.8. The number of anilines is 4. The molecule has 3 aromatic carbocycles. The van der Waals surface area contributed by atoms with Gasteiger partial charge in [0.25, 0.3) is 5.91 Å². The second-order valence-corrected chi connectivity index (χ2v) is 9.68. The first-order valence-electron chi connectivity index (χ1n) is 13.8. The largest absolute Gasteiger partial charge is 0.368 e. The maximum absolute atomic E-state index is 12.8. The molecule has 2 aliphatic rings. The molecule has 0 saturated heterocycles. The number of urea groups is 2. The number of carbonyl (C=O) groups is 3. The van der Waals surface area contributed by atoms with Gasteiger partial charge in [-0.05, 0) is 73.2 Å². The minimum atomic E-state index is -0.498. The van der Waals surface area contributed by atoms with Crippen LogP contribution in [-0.4, -0.2) is 62.4 Å². The van der Waals surface area contributed by atoms with Crippen molar-refractivity contribution in [1.82, 2.24) is 16.0 Å². The molecule has 3 aromatic rings. The number of hydrogen-bond acceptors (Lipinski definition) is 7. The number of nitrogens with zero attached hydrogens (tertiary/aromatic N) is 2. The molecule has 0 spiro atoms. The minimum Gasteiger partial charge on any atom is -0.368 e. The lowest BCUT2D eigenvalue weighted by Gasteiger charge is -2.14. The second-order valence-electron chi connectivity index (χ2n) is 9.68. The zero-order valence-electron chi connectivity index (χ0n) is 23.6. The normalized spacial score (nSPS) is 13.3. The molecule has 13 heteroatoms. The molecule has 0 unspecified atom stereocenters. The second kappa shape index (κ2) is 14.7. The van der Waals surface area contributed by atoms with Crippen molar-refractivity contribution in [2.75, 3.05) is 54.0 Å². The van der Waals surface area contributed by atoms with Gasteiger partial charge in [0.15, 0.2) is 0 Å². The van der Waals surface area contributed by atoms with Crippen LogP contribution in [0.1, 0.15) is 34.8 Å². The Morgan fingerprint density at radius 1 is 0.674 bits per heavy atom. The van der Waals surface area contributed by atoms with Gasteiger partial charge in [0, 0.05) is 59.1 Å². The van der Waals surface area contributed by atoms with Crippen LogP contribution in [0, 0.1) is 0 Å². The van der Waals surface area contributed by atoms with E-state index in [-0.39, 0.29) is 18.3 Å². The average molecular weight is 604 g/mol. The number of carbonyl (C=O) groups excluding carboxylic acids is 3. The Balaban J connectivity index is 0.00000423. The maximum Gasteiger partial charge on any atom is 0.323 e. The van der Waals surface area contributed by atoms with Crippen LogP contribution >= 0.6 is 12.4 Å². The summed E-state index contributed by atoms with van der Waals surface area (Å²) in [5.74, 6) is 1.35. The lowest BCUT2D eigenvalue weighted by atomic mass is 10.1. The number of halogens is 1. The van der Waals surface area contributed by atoms with E-state index in [9.17, 15) is 14.4 Å². The third-order valence-corrected chi connectivity index (χ3v) is 6.43. The fourth-order valence-electron chi connectivity index (χ4n) is 4.44. The van der Waals surface area contributed by atoms with E-state index < -0.39 is 12.1 Å². The molecule has 43 heavy (non-hydrogen) atoms. The van der Waals surface area contributed by atoms with Crippen molar-refractivity contribution >= 4 is 64.8 Å². The number of nitrogens with one attached hydrogen (secondary N) is 7. The zero-order chi connectivity index (χ0) is 29.3. The Hall–Kier alpha value is -5.10. The van der Waals surface area contributed by atoms with Gasteiger partial charge in [0.2, 0.25) is 0 Å². The van der Waals surface area contributed by atoms with Gasteiger partial charge in [-0.25, -0.2) is 9.59 Å². The van der Waals surface area contributed by atoms with Crippen LogP contribution in [0.2, 0.25) is 0 Å². The Labute approximate surface area is 255 Å². The molecule has 0 radical (unpaired) electrons. The van der Waals surface area contributed by atoms with Gasteiger partial charge in [0.05, 0.1) is 13.1 Å². The molecule has 0 saturated carbocycles. The molecule has 5 rings (SSSR count). The summed E-state index contributed by atoms with van der Waals surface area (Å²) >= 11 is 0. The highest BCUT2D eigenvalue weighted by Gasteiger charge is 2.14. The lowest BCUT2D eigenvalue weighted by Crippen LogP contribution is -2.25. The number of hydrogen-bond donors (Lipinski definition) is 7. The summed E-state index contributed by atoms with van der Waals surface area (Å²) in [6, 6.07) is 18.3. The zero-order valence-corrected chi connectivity index (χ0v) is 24.4. The molecule has 0 aromatic heterocycles. The van der Waals surface area contributed by atoms with Crippen LogP contribution in [-0.2, 0) is 0 Å². The standard InChI is InChI=1S/C30H33N9O3.ClH/c1-2-11-35-28(40)21-16-24(38-29(41)36-22-7-3-19(4-8-22)26-31-12-13-32-26)18-25(17-21)39-30(42)37-23-9-5-20(6-10-23)27-33-14-15-34-27;/h3-10,16-18H,2,11-15H2,1H3,(H,31,32)(H,33,34)(H,35,40)(H2,36,38,41)(H2,37,39,42);1H. The summed E-state index contributed by atoms with van der Waals surface area (Å²) in [6.45, 7) is 5.56. The van der Waals surface area contributed by atoms with Crippen LogP contribution in [0.5, 0.6) is 0 Å². The summed E-state index contributed by atoms with van der Waals surface area (Å²) in [6.07, 6.45) is 0.768. The fourth-order valence-corrected chi connectivity index (χ4v) is 4.44. The van der Waals surface area contributed by atoms with Gasteiger partial charge in [0.1, 0.15) is 11.7 Å². The molecule has 0 fully saturated rings. The maximum atomic E-state index is 12.8. The number of rotatable bonds is 9. The first kappa shape index (κ1) is 30.8. The van der Waals surface area contributed by atoms with Gasteiger partial charge in [-0.15, -0.1) is 12.4 Å². The molecule has 2 aliphatic heterocycles. The van der Waals surface area contributed by atoms with Gasteiger partial charge in [-0.3, -0.25) is 14.8 Å². The van der Waals surface area contributed by atoms with Gasteiger partial charge < -0.3 is 37.2 Å².